The fourth-order valence-electron chi connectivity index (χ4n) is 3.81. The van der Waals surface area contributed by atoms with Crippen LogP contribution in [0.25, 0.3) is 0 Å². The van der Waals surface area contributed by atoms with E-state index in [2.05, 4.69) is 6.92 Å². The number of rotatable bonds is 15. The zero-order valence-electron chi connectivity index (χ0n) is 19.7. The molecule has 11 nitrogen and oxygen atoms in total. The summed E-state index contributed by atoms with van der Waals surface area (Å²) in [4.78, 5) is 0. The van der Waals surface area contributed by atoms with Crippen LogP contribution in [0.15, 0.2) is 23.2 Å². The minimum absolute atomic E-state index is 0.240. The van der Waals surface area contributed by atoms with Crippen LogP contribution in [0.4, 0.5) is 0 Å². The van der Waals surface area contributed by atoms with Gasteiger partial charge in [-0.1, -0.05) is 58.3 Å². The first kappa shape index (κ1) is 28.6. The number of aliphatic hydroxyl groups is 7. The lowest BCUT2D eigenvalue weighted by Crippen LogP contribution is -2.59. The SMILES string of the molecule is CCCCCCCCCCCOC1=C(O)[C@@H](O)C(O[C@H]2O[C@H](CO)[C@@H](O)[C@H](O)[C@H]2O)=C(CO)O1. The Morgan fingerprint density at radius 3 is 2.03 bits per heavy atom. The van der Waals surface area contributed by atoms with Gasteiger partial charge < -0.3 is 54.7 Å². The Morgan fingerprint density at radius 1 is 0.824 bits per heavy atom. The molecule has 2 aliphatic heterocycles. The number of hydrogen-bond donors (Lipinski definition) is 7. The monoisotopic (exact) mass is 492 g/mol. The van der Waals surface area contributed by atoms with Gasteiger partial charge in [0.05, 0.1) is 13.2 Å². The standard InChI is InChI=1S/C23H40O11/c1-2-3-4-5-6-7-8-9-10-11-31-22-20(30)18(28)21(15(13-25)33-22)34-23-19(29)17(27)16(26)14(12-24)32-23/h14,16-19,23-30H,2-13H2,1H3/t14-,16-,17+,18-,19-,23-/m1/s1. The van der Waals surface area contributed by atoms with Crippen molar-refractivity contribution in [2.75, 3.05) is 19.8 Å². The predicted molar refractivity (Wildman–Crippen MR) is 119 cm³/mol. The fraction of sp³-hybridized carbons (Fsp3) is 0.826. The summed E-state index contributed by atoms with van der Waals surface area (Å²) < 4.78 is 21.4. The van der Waals surface area contributed by atoms with Crippen molar-refractivity contribution < 1.29 is 54.7 Å². The van der Waals surface area contributed by atoms with Gasteiger partial charge in [-0.05, 0) is 6.42 Å². The summed E-state index contributed by atoms with van der Waals surface area (Å²) in [6, 6.07) is 0. The molecule has 2 aliphatic rings. The van der Waals surface area contributed by atoms with E-state index in [1.165, 1.54) is 32.1 Å². The zero-order chi connectivity index (χ0) is 25.1. The molecule has 2 rings (SSSR count). The van der Waals surface area contributed by atoms with Gasteiger partial charge in [-0.3, -0.25) is 0 Å². The van der Waals surface area contributed by atoms with Crippen LogP contribution in [-0.4, -0.2) is 92.4 Å². The Labute approximate surface area is 199 Å². The summed E-state index contributed by atoms with van der Waals surface area (Å²) in [6.45, 7) is 1.03. The van der Waals surface area contributed by atoms with Crippen molar-refractivity contribution in [2.24, 2.45) is 0 Å². The predicted octanol–water partition coefficient (Wildman–Crippen LogP) is 0.672. The maximum Gasteiger partial charge on any atom is 0.327 e. The average Bonchev–Trinajstić information content (AvgIpc) is 2.84. The van der Waals surface area contributed by atoms with Crippen molar-refractivity contribution in [1.82, 2.24) is 0 Å². The van der Waals surface area contributed by atoms with E-state index in [4.69, 9.17) is 18.9 Å². The summed E-state index contributed by atoms with van der Waals surface area (Å²) in [5.41, 5.74) is 0. The maximum atomic E-state index is 10.5. The first-order valence-electron chi connectivity index (χ1n) is 12.1. The minimum Gasteiger partial charge on any atom is -0.503 e. The summed E-state index contributed by atoms with van der Waals surface area (Å²) in [5.74, 6) is -1.80. The highest BCUT2D eigenvalue weighted by Gasteiger charge is 2.46. The third-order valence-corrected chi connectivity index (χ3v) is 5.92. The van der Waals surface area contributed by atoms with Crippen LogP contribution in [0, 0.1) is 0 Å². The second-order valence-corrected chi connectivity index (χ2v) is 8.61. The zero-order valence-corrected chi connectivity index (χ0v) is 19.7. The Bertz CT molecular complexity index is 663. The molecule has 0 saturated carbocycles. The highest BCUT2D eigenvalue weighted by Crippen LogP contribution is 2.32. The van der Waals surface area contributed by atoms with Gasteiger partial charge in [0.1, 0.15) is 31.0 Å². The normalized spacial score (nSPS) is 29.9. The molecule has 7 N–H and O–H groups in total. The van der Waals surface area contributed by atoms with Crippen LogP contribution in [0.3, 0.4) is 0 Å². The van der Waals surface area contributed by atoms with E-state index >= 15 is 0 Å². The smallest absolute Gasteiger partial charge is 0.327 e. The van der Waals surface area contributed by atoms with Gasteiger partial charge in [-0.25, -0.2) is 0 Å². The largest absolute Gasteiger partial charge is 0.503 e. The molecule has 0 bridgehead atoms. The van der Waals surface area contributed by atoms with Crippen molar-refractivity contribution in [1.29, 1.82) is 0 Å². The van der Waals surface area contributed by atoms with E-state index in [9.17, 15) is 35.7 Å². The van der Waals surface area contributed by atoms with Crippen molar-refractivity contribution in [3.05, 3.63) is 23.2 Å². The molecule has 0 aromatic rings. The van der Waals surface area contributed by atoms with Crippen LogP contribution in [0.2, 0.25) is 0 Å². The molecular weight excluding hydrogens is 452 g/mol. The number of unbranched alkanes of at least 4 members (excludes halogenated alkanes) is 8. The van der Waals surface area contributed by atoms with Crippen molar-refractivity contribution >= 4 is 0 Å². The quantitative estimate of drug-likeness (QED) is 0.160. The molecular formula is C23H40O11. The summed E-state index contributed by atoms with van der Waals surface area (Å²) in [6.07, 6.45) is 0.452. The maximum absolute atomic E-state index is 10.5. The number of ether oxygens (including phenoxy) is 4. The second-order valence-electron chi connectivity index (χ2n) is 8.61. The van der Waals surface area contributed by atoms with Gasteiger partial charge in [0.2, 0.25) is 12.0 Å². The summed E-state index contributed by atoms with van der Waals surface area (Å²) >= 11 is 0. The Balaban J connectivity index is 1.85. The molecule has 0 radical (unpaired) electrons. The third-order valence-electron chi connectivity index (χ3n) is 5.92. The summed E-state index contributed by atoms with van der Waals surface area (Å²) in [5, 5.41) is 69.6. The molecule has 0 spiro atoms. The van der Waals surface area contributed by atoms with Gasteiger partial charge in [-0.15, -0.1) is 0 Å². The molecule has 2 heterocycles. The average molecular weight is 493 g/mol. The van der Waals surface area contributed by atoms with E-state index in [0.29, 0.717) is 0 Å². The third kappa shape index (κ3) is 7.70. The van der Waals surface area contributed by atoms with E-state index in [-0.39, 0.29) is 18.3 Å². The Kier molecular flexibility index (Phi) is 12.4. The molecule has 1 fully saturated rings. The van der Waals surface area contributed by atoms with Crippen LogP contribution in [0.1, 0.15) is 64.7 Å². The molecule has 1 saturated heterocycles. The van der Waals surface area contributed by atoms with Crippen LogP contribution < -0.4 is 0 Å². The molecule has 11 heteroatoms. The van der Waals surface area contributed by atoms with Crippen LogP contribution >= 0.6 is 0 Å². The molecule has 198 valence electrons. The molecule has 0 unspecified atom stereocenters. The van der Waals surface area contributed by atoms with Crippen molar-refractivity contribution in [2.45, 2.75) is 102 Å². The molecule has 0 aromatic carbocycles. The van der Waals surface area contributed by atoms with Crippen molar-refractivity contribution in [3.8, 4) is 0 Å². The molecule has 0 aromatic heterocycles. The first-order valence-corrected chi connectivity index (χ1v) is 12.1. The van der Waals surface area contributed by atoms with E-state index in [1.807, 2.05) is 0 Å². The van der Waals surface area contributed by atoms with Crippen molar-refractivity contribution in [3.63, 3.8) is 0 Å². The Morgan fingerprint density at radius 2 is 1.44 bits per heavy atom. The Hall–Kier alpha value is -1.60. The highest BCUT2D eigenvalue weighted by atomic mass is 16.7. The summed E-state index contributed by atoms with van der Waals surface area (Å²) in [7, 11) is 0. The lowest BCUT2D eigenvalue weighted by atomic mass is 9.99. The van der Waals surface area contributed by atoms with Gasteiger partial charge in [0.15, 0.2) is 17.6 Å². The van der Waals surface area contributed by atoms with Gasteiger partial charge >= 0.3 is 5.95 Å². The number of aliphatic hydroxyl groups excluding tert-OH is 7. The lowest BCUT2D eigenvalue weighted by molar-refractivity contribution is -0.295. The fourth-order valence-corrected chi connectivity index (χ4v) is 3.81. The second kappa shape index (κ2) is 14.7. The van der Waals surface area contributed by atoms with Gasteiger partial charge in [0.25, 0.3) is 0 Å². The van der Waals surface area contributed by atoms with E-state index in [0.717, 1.165) is 25.7 Å². The van der Waals surface area contributed by atoms with Crippen LogP contribution in [0.5, 0.6) is 0 Å². The molecule has 0 amide bonds. The molecule has 0 aliphatic carbocycles. The lowest BCUT2D eigenvalue weighted by Gasteiger charge is -2.40. The number of hydrogen-bond acceptors (Lipinski definition) is 11. The van der Waals surface area contributed by atoms with Gasteiger partial charge in [0, 0.05) is 0 Å². The molecule has 6 atom stereocenters. The van der Waals surface area contributed by atoms with Crippen LogP contribution in [-0.2, 0) is 18.9 Å². The molecule has 34 heavy (non-hydrogen) atoms. The topological polar surface area (TPSA) is 179 Å². The highest BCUT2D eigenvalue weighted by molar-refractivity contribution is 5.24. The minimum atomic E-state index is -1.79. The van der Waals surface area contributed by atoms with E-state index in [1.54, 1.807) is 0 Å². The first-order chi connectivity index (χ1) is 16.3. The van der Waals surface area contributed by atoms with E-state index < -0.39 is 61.5 Å². The van der Waals surface area contributed by atoms with Gasteiger partial charge in [-0.2, -0.15) is 0 Å².